The first-order valence-electron chi connectivity index (χ1n) is 9.58. The van der Waals surface area contributed by atoms with Gasteiger partial charge in [0.25, 0.3) is 11.8 Å². The standard InChI is InChI=1S/C22H20N2O6/c1-3-13-5-7-15(8-6-13)24-21(26)16(20(25)23-22(24)27)9-14-10-18-19(30-12-29-18)11-17(14)28-4-2/h5-11H,3-4,12H2,1-2H3,(H,23,25,27)/b16-9-. The third kappa shape index (κ3) is 3.47. The van der Waals surface area contributed by atoms with Crippen LogP contribution < -0.4 is 24.4 Å². The lowest BCUT2D eigenvalue weighted by molar-refractivity contribution is -0.122. The number of barbiturate groups is 1. The number of benzene rings is 2. The molecule has 1 fully saturated rings. The fourth-order valence-electron chi connectivity index (χ4n) is 3.26. The largest absolute Gasteiger partial charge is 0.493 e. The highest BCUT2D eigenvalue weighted by atomic mass is 16.7. The molecule has 4 amide bonds. The summed E-state index contributed by atoms with van der Waals surface area (Å²) in [5.74, 6) is -0.0462. The number of urea groups is 1. The molecule has 0 saturated carbocycles. The Morgan fingerprint density at radius 2 is 1.77 bits per heavy atom. The fraction of sp³-hybridized carbons (Fsp3) is 0.227. The van der Waals surface area contributed by atoms with E-state index < -0.39 is 17.8 Å². The first kappa shape index (κ1) is 19.5. The van der Waals surface area contributed by atoms with Crippen LogP contribution in [-0.2, 0) is 16.0 Å². The van der Waals surface area contributed by atoms with Crippen molar-refractivity contribution >= 4 is 29.6 Å². The van der Waals surface area contributed by atoms with E-state index in [1.807, 2.05) is 26.0 Å². The van der Waals surface area contributed by atoms with Gasteiger partial charge in [-0.1, -0.05) is 19.1 Å². The summed E-state index contributed by atoms with van der Waals surface area (Å²) in [6.45, 7) is 4.29. The highest BCUT2D eigenvalue weighted by molar-refractivity contribution is 6.39. The van der Waals surface area contributed by atoms with Gasteiger partial charge >= 0.3 is 6.03 Å². The third-order valence-corrected chi connectivity index (χ3v) is 4.81. The topological polar surface area (TPSA) is 94.2 Å². The summed E-state index contributed by atoms with van der Waals surface area (Å²) in [6.07, 6.45) is 2.22. The minimum atomic E-state index is -0.790. The fourth-order valence-corrected chi connectivity index (χ4v) is 3.26. The Balaban J connectivity index is 1.74. The Kier molecular flexibility index (Phi) is 5.14. The van der Waals surface area contributed by atoms with E-state index in [-0.39, 0.29) is 12.4 Å². The first-order chi connectivity index (χ1) is 14.5. The number of ether oxygens (including phenoxy) is 3. The minimum absolute atomic E-state index is 0.0797. The van der Waals surface area contributed by atoms with Crippen LogP contribution in [0.15, 0.2) is 42.0 Å². The molecule has 0 unspecified atom stereocenters. The molecule has 1 N–H and O–H groups in total. The van der Waals surface area contributed by atoms with Crippen LogP contribution in [0.4, 0.5) is 10.5 Å². The monoisotopic (exact) mass is 408 g/mol. The smallest absolute Gasteiger partial charge is 0.335 e. The number of nitrogens with one attached hydrogen (secondary N) is 1. The van der Waals surface area contributed by atoms with Gasteiger partial charge in [0, 0.05) is 11.6 Å². The average Bonchev–Trinajstić information content (AvgIpc) is 3.19. The summed E-state index contributed by atoms with van der Waals surface area (Å²) >= 11 is 0. The quantitative estimate of drug-likeness (QED) is 0.604. The SMILES string of the molecule is CCOc1cc2c(cc1/C=C1/C(=O)NC(=O)N(c3ccc(CC)cc3)C1=O)OCO2. The van der Waals surface area contributed by atoms with Gasteiger partial charge < -0.3 is 14.2 Å². The van der Waals surface area contributed by atoms with E-state index in [2.05, 4.69) is 5.32 Å². The Bertz CT molecular complexity index is 1060. The molecule has 4 rings (SSSR count). The number of hydrogen-bond acceptors (Lipinski definition) is 6. The second kappa shape index (κ2) is 7.90. The van der Waals surface area contributed by atoms with Crippen LogP contribution in [0.25, 0.3) is 6.08 Å². The van der Waals surface area contributed by atoms with Crippen LogP contribution >= 0.6 is 0 Å². The summed E-state index contributed by atoms with van der Waals surface area (Å²) in [5.41, 5.74) is 1.73. The van der Waals surface area contributed by atoms with E-state index in [1.165, 1.54) is 6.08 Å². The molecule has 0 spiro atoms. The van der Waals surface area contributed by atoms with Crippen LogP contribution in [-0.4, -0.2) is 31.2 Å². The zero-order valence-electron chi connectivity index (χ0n) is 16.6. The Morgan fingerprint density at radius 3 is 2.43 bits per heavy atom. The van der Waals surface area contributed by atoms with Gasteiger partial charge in [0.2, 0.25) is 6.79 Å². The molecule has 30 heavy (non-hydrogen) atoms. The normalized spacial score (nSPS) is 16.8. The maximum absolute atomic E-state index is 13.1. The molecule has 2 aromatic carbocycles. The molecule has 1 saturated heterocycles. The predicted molar refractivity (Wildman–Crippen MR) is 109 cm³/mol. The zero-order chi connectivity index (χ0) is 21.3. The molecule has 154 valence electrons. The van der Waals surface area contributed by atoms with Crippen molar-refractivity contribution in [1.29, 1.82) is 0 Å². The van der Waals surface area contributed by atoms with Gasteiger partial charge in [0.05, 0.1) is 12.3 Å². The lowest BCUT2D eigenvalue weighted by Gasteiger charge is -2.26. The molecule has 0 aliphatic carbocycles. The number of rotatable bonds is 5. The maximum Gasteiger partial charge on any atom is 0.335 e. The van der Waals surface area contributed by atoms with Gasteiger partial charge in [0.15, 0.2) is 11.5 Å². The zero-order valence-corrected chi connectivity index (χ0v) is 16.6. The molecule has 0 bridgehead atoms. The summed E-state index contributed by atoms with van der Waals surface area (Å²) in [6, 6.07) is 9.52. The van der Waals surface area contributed by atoms with Crippen LogP contribution in [0.3, 0.4) is 0 Å². The number of anilines is 1. The van der Waals surface area contributed by atoms with Crippen molar-refractivity contribution in [2.45, 2.75) is 20.3 Å². The molecule has 8 nitrogen and oxygen atoms in total. The number of aryl methyl sites for hydroxylation is 1. The van der Waals surface area contributed by atoms with Crippen molar-refractivity contribution in [3.8, 4) is 17.2 Å². The van der Waals surface area contributed by atoms with Gasteiger partial charge in [-0.05, 0) is 43.2 Å². The minimum Gasteiger partial charge on any atom is -0.493 e. The van der Waals surface area contributed by atoms with Crippen molar-refractivity contribution in [3.63, 3.8) is 0 Å². The van der Waals surface area contributed by atoms with Gasteiger partial charge in [-0.15, -0.1) is 0 Å². The average molecular weight is 408 g/mol. The predicted octanol–water partition coefficient (Wildman–Crippen LogP) is 3.04. The van der Waals surface area contributed by atoms with E-state index in [4.69, 9.17) is 14.2 Å². The Labute approximate surface area is 173 Å². The van der Waals surface area contributed by atoms with Gasteiger partial charge in [0.1, 0.15) is 11.3 Å². The number of fused-ring (bicyclic) bond motifs is 1. The van der Waals surface area contributed by atoms with Gasteiger partial charge in [-0.3, -0.25) is 14.9 Å². The van der Waals surface area contributed by atoms with Gasteiger partial charge in [-0.25, -0.2) is 9.69 Å². The maximum atomic E-state index is 13.1. The third-order valence-electron chi connectivity index (χ3n) is 4.81. The van der Waals surface area contributed by atoms with Crippen LogP contribution in [0.1, 0.15) is 25.0 Å². The molecule has 0 atom stereocenters. The van der Waals surface area contributed by atoms with E-state index >= 15 is 0 Å². The van der Waals surface area contributed by atoms with Crippen LogP contribution in [0, 0.1) is 0 Å². The van der Waals surface area contributed by atoms with E-state index in [1.54, 1.807) is 24.3 Å². The molecule has 2 aliphatic heterocycles. The van der Waals surface area contributed by atoms with Crippen molar-refractivity contribution in [2.24, 2.45) is 0 Å². The number of amides is 4. The highest BCUT2D eigenvalue weighted by Crippen LogP contribution is 2.39. The van der Waals surface area contributed by atoms with Crippen molar-refractivity contribution in [3.05, 3.63) is 53.1 Å². The summed E-state index contributed by atoms with van der Waals surface area (Å²) < 4.78 is 16.4. The Hall–Kier alpha value is -3.81. The molecule has 0 aromatic heterocycles. The number of hydrogen-bond donors (Lipinski definition) is 1. The van der Waals surface area contributed by atoms with E-state index in [0.29, 0.717) is 35.1 Å². The molecule has 2 heterocycles. The van der Waals surface area contributed by atoms with Crippen molar-refractivity contribution in [2.75, 3.05) is 18.3 Å². The molecular weight excluding hydrogens is 388 g/mol. The van der Waals surface area contributed by atoms with E-state index in [0.717, 1.165) is 16.9 Å². The molecule has 2 aromatic rings. The number of carbonyl (C=O) groups is 3. The van der Waals surface area contributed by atoms with Gasteiger partial charge in [-0.2, -0.15) is 0 Å². The molecule has 8 heteroatoms. The van der Waals surface area contributed by atoms with Crippen LogP contribution in [0.2, 0.25) is 0 Å². The Morgan fingerprint density at radius 1 is 1.07 bits per heavy atom. The second-order valence-corrected chi connectivity index (χ2v) is 6.65. The first-order valence-corrected chi connectivity index (χ1v) is 9.58. The molecular formula is C22H20N2O6. The van der Waals surface area contributed by atoms with E-state index in [9.17, 15) is 14.4 Å². The summed E-state index contributed by atoms with van der Waals surface area (Å²) in [4.78, 5) is 38.9. The molecule has 0 radical (unpaired) electrons. The van der Waals surface area contributed by atoms with Crippen molar-refractivity contribution < 1.29 is 28.6 Å². The number of carbonyl (C=O) groups excluding carboxylic acids is 3. The molecule has 2 aliphatic rings. The van der Waals surface area contributed by atoms with Crippen LogP contribution in [0.5, 0.6) is 17.2 Å². The highest BCUT2D eigenvalue weighted by Gasteiger charge is 2.37. The van der Waals surface area contributed by atoms with Crippen molar-refractivity contribution in [1.82, 2.24) is 5.32 Å². The summed E-state index contributed by atoms with van der Waals surface area (Å²) in [7, 11) is 0. The number of imide groups is 2. The second-order valence-electron chi connectivity index (χ2n) is 6.65. The summed E-state index contributed by atoms with van der Waals surface area (Å²) in [5, 5.41) is 2.22. The lowest BCUT2D eigenvalue weighted by atomic mass is 10.0. The lowest BCUT2D eigenvalue weighted by Crippen LogP contribution is -2.54. The number of nitrogens with zero attached hydrogens (tertiary/aromatic N) is 1.